The van der Waals surface area contributed by atoms with Crippen LogP contribution in [0.4, 0.5) is 0 Å². The van der Waals surface area contributed by atoms with Crippen molar-refractivity contribution in [2.24, 2.45) is 0 Å². The molecule has 0 saturated carbocycles. The van der Waals surface area contributed by atoms with Crippen LogP contribution in [0.15, 0.2) is 18.3 Å². The molecule has 0 aliphatic carbocycles. The van der Waals surface area contributed by atoms with Crippen LogP contribution in [-0.2, 0) is 4.74 Å². The average Bonchev–Trinajstić information content (AvgIpc) is 2.05. The van der Waals surface area contributed by atoms with Gasteiger partial charge in [-0.2, -0.15) is 5.10 Å². The molecule has 0 N–H and O–H groups in total. The van der Waals surface area contributed by atoms with Gasteiger partial charge in [-0.1, -0.05) is 0 Å². The van der Waals surface area contributed by atoms with Crippen LogP contribution >= 0.6 is 0 Å². The second-order valence-electron chi connectivity index (χ2n) is 2.56. The summed E-state index contributed by atoms with van der Waals surface area (Å²) in [7, 11) is 0. The summed E-state index contributed by atoms with van der Waals surface area (Å²) >= 11 is 0. The Bertz CT molecular complexity index is 259. The second-order valence-corrected chi connectivity index (χ2v) is 2.56. The zero-order valence-electron chi connectivity index (χ0n) is 7.02. The summed E-state index contributed by atoms with van der Waals surface area (Å²) in [6, 6.07) is 3.21. The second kappa shape index (κ2) is 3.80. The van der Waals surface area contributed by atoms with Gasteiger partial charge in [-0.3, -0.25) is 0 Å². The van der Waals surface area contributed by atoms with Gasteiger partial charge in [0.05, 0.1) is 6.10 Å². The molecule has 0 aliphatic rings. The number of rotatable bonds is 2. The molecule has 0 aromatic carbocycles. The summed E-state index contributed by atoms with van der Waals surface area (Å²) in [5.74, 6) is -0.432. The molecule has 0 radical (unpaired) electrons. The summed E-state index contributed by atoms with van der Waals surface area (Å²) in [6.45, 7) is 3.57. The van der Waals surface area contributed by atoms with E-state index < -0.39 is 5.97 Å². The van der Waals surface area contributed by atoms with Crippen molar-refractivity contribution >= 4 is 5.97 Å². The van der Waals surface area contributed by atoms with E-state index in [9.17, 15) is 4.79 Å². The molecular weight excluding hydrogens is 156 g/mol. The molecule has 0 fully saturated rings. The van der Waals surface area contributed by atoms with Crippen molar-refractivity contribution in [3.05, 3.63) is 24.0 Å². The summed E-state index contributed by atoms with van der Waals surface area (Å²) in [4.78, 5) is 11.1. The molecule has 4 nitrogen and oxygen atoms in total. The molecule has 12 heavy (non-hydrogen) atoms. The highest BCUT2D eigenvalue weighted by molar-refractivity contribution is 5.86. The topological polar surface area (TPSA) is 52.1 Å². The van der Waals surface area contributed by atoms with E-state index in [0.717, 1.165) is 0 Å². The normalized spacial score (nSPS) is 9.92. The molecule has 1 aromatic rings. The van der Waals surface area contributed by atoms with Crippen LogP contribution in [-0.4, -0.2) is 22.3 Å². The van der Waals surface area contributed by atoms with E-state index >= 15 is 0 Å². The van der Waals surface area contributed by atoms with Crippen molar-refractivity contribution in [3.63, 3.8) is 0 Å². The zero-order valence-corrected chi connectivity index (χ0v) is 7.02. The minimum Gasteiger partial charge on any atom is -0.458 e. The number of esters is 1. The van der Waals surface area contributed by atoms with Gasteiger partial charge in [-0.15, -0.1) is 5.10 Å². The van der Waals surface area contributed by atoms with Gasteiger partial charge in [0.1, 0.15) is 0 Å². The Balaban J connectivity index is 2.66. The molecule has 4 heteroatoms. The average molecular weight is 166 g/mol. The summed E-state index contributed by atoms with van der Waals surface area (Å²) in [5, 5.41) is 7.17. The molecule has 64 valence electrons. The largest absolute Gasteiger partial charge is 0.458 e. The number of ether oxygens (including phenoxy) is 1. The summed E-state index contributed by atoms with van der Waals surface area (Å²) < 4.78 is 4.89. The molecule has 0 atom stereocenters. The van der Waals surface area contributed by atoms with Crippen LogP contribution in [0.3, 0.4) is 0 Å². The van der Waals surface area contributed by atoms with E-state index in [-0.39, 0.29) is 11.8 Å². The molecule has 0 aliphatic heterocycles. The van der Waals surface area contributed by atoms with Gasteiger partial charge in [0.15, 0.2) is 5.69 Å². The van der Waals surface area contributed by atoms with Crippen LogP contribution in [0, 0.1) is 0 Å². The molecular formula is C8H10N2O2. The lowest BCUT2D eigenvalue weighted by atomic mass is 10.4. The monoisotopic (exact) mass is 166 g/mol. The summed E-state index contributed by atoms with van der Waals surface area (Å²) in [5.41, 5.74) is 0.242. The number of nitrogens with zero attached hydrogens (tertiary/aromatic N) is 2. The lowest BCUT2D eigenvalue weighted by molar-refractivity contribution is 0.0369. The van der Waals surface area contributed by atoms with E-state index in [2.05, 4.69) is 10.2 Å². The van der Waals surface area contributed by atoms with Crippen LogP contribution in [0.25, 0.3) is 0 Å². The fourth-order valence-corrected chi connectivity index (χ4v) is 0.685. The molecule has 0 saturated heterocycles. The Morgan fingerprint density at radius 3 is 2.83 bits per heavy atom. The Kier molecular flexibility index (Phi) is 2.74. The van der Waals surface area contributed by atoms with E-state index in [4.69, 9.17) is 4.74 Å². The molecule has 0 bridgehead atoms. The van der Waals surface area contributed by atoms with Crippen LogP contribution in [0.2, 0.25) is 0 Å². The Labute approximate surface area is 70.6 Å². The number of hydrogen-bond donors (Lipinski definition) is 0. The highest BCUT2D eigenvalue weighted by Gasteiger charge is 2.09. The molecule has 0 amide bonds. The van der Waals surface area contributed by atoms with E-state index in [1.54, 1.807) is 26.0 Å². The minimum atomic E-state index is -0.432. The number of aromatic nitrogens is 2. The maximum absolute atomic E-state index is 11.1. The highest BCUT2D eigenvalue weighted by Crippen LogP contribution is 1.98. The third-order valence-corrected chi connectivity index (χ3v) is 1.12. The van der Waals surface area contributed by atoms with E-state index in [1.165, 1.54) is 6.20 Å². The van der Waals surface area contributed by atoms with Gasteiger partial charge in [-0.25, -0.2) is 4.79 Å². The first-order valence-corrected chi connectivity index (χ1v) is 3.69. The minimum absolute atomic E-state index is 0.125. The fourth-order valence-electron chi connectivity index (χ4n) is 0.685. The van der Waals surface area contributed by atoms with Crippen LogP contribution < -0.4 is 0 Å². The van der Waals surface area contributed by atoms with Crippen molar-refractivity contribution in [1.29, 1.82) is 0 Å². The zero-order chi connectivity index (χ0) is 8.97. The molecule has 0 unspecified atom stereocenters. The number of hydrogen-bond acceptors (Lipinski definition) is 4. The predicted octanol–water partition coefficient (Wildman–Crippen LogP) is 1.04. The first kappa shape index (κ1) is 8.64. The first-order valence-electron chi connectivity index (χ1n) is 3.69. The summed E-state index contributed by atoms with van der Waals surface area (Å²) in [6.07, 6.45) is 1.38. The SMILES string of the molecule is CC(C)OC(=O)c1cccnn1. The lowest BCUT2D eigenvalue weighted by Gasteiger charge is -2.05. The van der Waals surface area contributed by atoms with Gasteiger partial charge in [0, 0.05) is 6.20 Å². The maximum atomic E-state index is 11.1. The van der Waals surface area contributed by atoms with Crippen LogP contribution in [0.1, 0.15) is 24.3 Å². The van der Waals surface area contributed by atoms with Gasteiger partial charge < -0.3 is 4.74 Å². The number of carbonyl (C=O) groups excluding carboxylic acids is 1. The van der Waals surface area contributed by atoms with Gasteiger partial charge >= 0.3 is 5.97 Å². The van der Waals surface area contributed by atoms with Crippen molar-refractivity contribution in [2.75, 3.05) is 0 Å². The van der Waals surface area contributed by atoms with E-state index in [1.807, 2.05) is 0 Å². The van der Waals surface area contributed by atoms with Crippen molar-refractivity contribution in [2.45, 2.75) is 20.0 Å². The highest BCUT2D eigenvalue weighted by atomic mass is 16.5. The van der Waals surface area contributed by atoms with Gasteiger partial charge in [0.2, 0.25) is 0 Å². The maximum Gasteiger partial charge on any atom is 0.359 e. The van der Waals surface area contributed by atoms with E-state index in [0.29, 0.717) is 0 Å². The molecule has 1 rings (SSSR count). The third-order valence-electron chi connectivity index (χ3n) is 1.12. The van der Waals surface area contributed by atoms with Gasteiger partial charge in [0.25, 0.3) is 0 Å². The molecule has 1 aromatic heterocycles. The Hall–Kier alpha value is -1.45. The fraction of sp³-hybridized carbons (Fsp3) is 0.375. The van der Waals surface area contributed by atoms with Gasteiger partial charge in [-0.05, 0) is 26.0 Å². The van der Waals surface area contributed by atoms with Crippen molar-refractivity contribution in [1.82, 2.24) is 10.2 Å². The van der Waals surface area contributed by atoms with Crippen LogP contribution in [0.5, 0.6) is 0 Å². The molecule has 1 heterocycles. The van der Waals surface area contributed by atoms with Crippen molar-refractivity contribution in [3.8, 4) is 0 Å². The lowest BCUT2D eigenvalue weighted by Crippen LogP contribution is -2.13. The van der Waals surface area contributed by atoms with Crippen molar-refractivity contribution < 1.29 is 9.53 Å². The quantitative estimate of drug-likeness (QED) is 0.616. The standard InChI is InChI=1S/C8H10N2O2/c1-6(2)12-8(11)7-4-3-5-9-10-7/h3-6H,1-2H3. The first-order chi connectivity index (χ1) is 5.70. The molecule has 0 spiro atoms. The Morgan fingerprint density at radius 1 is 1.58 bits per heavy atom. The Morgan fingerprint density at radius 2 is 2.33 bits per heavy atom. The number of carbonyl (C=O) groups is 1. The predicted molar refractivity (Wildman–Crippen MR) is 42.6 cm³/mol. The smallest absolute Gasteiger partial charge is 0.359 e. The third kappa shape index (κ3) is 2.30.